The average Bonchev–Trinajstić information content (AvgIpc) is 2.53. The molecular formula is C15H15ClN2O4S. The lowest BCUT2D eigenvalue weighted by atomic mass is 10.3. The number of carbonyl (C=O) groups excluding carboxylic acids is 1. The minimum absolute atomic E-state index is 0.0129. The minimum atomic E-state index is -3.95. The first kappa shape index (κ1) is 17.1. The first-order valence-electron chi connectivity index (χ1n) is 6.55. The number of methoxy groups -OCH3 is 1. The van der Waals surface area contributed by atoms with Gasteiger partial charge in [-0.05, 0) is 48.5 Å². The van der Waals surface area contributed by atoms with Gasteiger partial charge in [-0.15, -0.1) is 0 Å². The van der Waals surface area contributed by atoms with Crippen LogP contribution in [0.2, 0.25) is 5.02 Å². The third-order valence-electron chi connectivity index (χ3n) is 3.06. The first-order chi connectivity index (χ1) is 10.8. The maximum absolute atomic E-state index is 12.8. The fourth-order valence-electron chi connectivity index (χ4n) is 1.94. The van der Waals surface area contributed by atoms with Crippen LogP contribution in [0.3, 0.4) is 0 Å². The highest BCUT2D eigenvalue weighted by Crippen LogP contribution is 2.26. The highest BCUT2D eigenvalue weighted by Gasteiger charge is 2.26. The van der Waals surface area contributed by atoms with Gasteiger partial charge in [0.2, 0.25) is 5.91 Å². The normalized spacial score (nSPS) is 11.0. The van der Waals surface area contributed by atoms with Gasteiger partial charge in [-0.25, -0.2) is 8.42 Å². The van der Waals surface area contributed by atoms with Crippen LogP contribution in [0.5, 0.6) is 5.75 Å². The molecule has 2 aromatic rings. The summed E-state index contributed by atoms with van der Waals surface area (Å²) in [7, 11) is -2.45. The zero-order valence-corrected chi connectivity index (χ0v) is 13.8. The Bertz CT molecular complexity index is 789. The van der Waals surface area contributed by atoms with E-state index >= 15 is 0 Å². The molecule has 0 radical (unpaired) electrons. The fourth-order valence-corrected chi connectivity index (χ4v) is 3.50. The molecule has 0 aliphatic heterocycles. The van der Waals surface area contributed by atoms with Crippen molar-refractivity contribution in [2.75, 3.05) is 18.0 Å². The van der Waals surface area contributed by atoms with Gasteiger partial charge in [-0.2, -0.15) is 0 Å². The molecule has 2 N–H and O–H groups in total. The molecule has 23 heavy (non-hydrogen) atoms. The van der Waals surface area contributed by atoms with Gasteiger partial charge in [-0.3, -0.25) is 9.10 Å². The second-order valence-electron chi connectivity index (χ2n) is 4.63. The van der Waals surface area contributed by atoms with Crippen molar-refractivity contribution in [1.29, 1.82) is 0 Å². The van der Waals surface area contributed by atoms with Crippen LogP contribution in [0.4, 0.5) is 5.69 Å². The molecule has 0 spiro atoms. The zero-order chi connectivity index (χ0) is 17.0. The van der Waals surface area contributed by atoms with E-state index in [9.17, 15) is 13.2 Å². The third kappa shape index (κ3) is 3.94. The molecule has 0 fully saturated rings. The molecule has 0 saturated carbocycles. The Morgan fingerprint density at radius 1 is 1.13 bits per heavy atom. The van der Waals surface area contributed by atoms with Crippen molar-refractivity contribution in [3.05, 3.63) is 53.6 Å². The number of carbonyl (C=O) groups is 1. The summed E-state index contributed by atoms with van der Waals surface area (Å²) in [5.74, 6) is -0.199. The van der Waals surface area contributed by atoms with Crippen molar-refractivity contribution in [2.45, 2.75) is 4.90 Å². The molecule has 2 rings (SSSR count). The lowest BCUT2D eigenvalue weighted by Crippen LogP contribution is -2.38. The molecule has 0 aromatic heterocycles. The Morgan fingerprint density at radius 2 is 1.70 bits per heavy atom. The van der Waals surface area contributed by atoms with Crippen LogP contribution >= 0.6 is 11.6 Å². The van der Waals surface area contributed by atoms with E-state index < -0.39 is 22.5 Å². The molecule has 0 aliphatic rings. The third-order valence-corrected chi connectivity index (χ3v) is 5.10. The predicted octanol–water partition coefficient (Wildman–Crippen LogP) is 2.03. The molecule has 6 nitrogen and oxygen atoms in total. The number of nitrogens with two attached hydrogens (primary N) is 1. The maximum Gasteiger partial charge on any atom is 0.264 e. The van der Waals surface area contributed by atoms with Gasteiger partial charge < -0.3 is 10.5 Å². The maximum atomic E-state index is 12.8. The lowest BCUT2D eigenvalue weighted by Gasteiger charge is -2.23. The minimum Gasteiger partial charge on any atom is -0.497 e. The number of rotatable bonds is 6. The van der Waals surface area contributed by atoms with Gasteiger partial charge in [0.25, 0.3) is 10.0 Å². The smallest absolute Gasteiger partial charge is 0.264 e. The van der Waals surface area contributed by atoms with E-state index in [2.05, 4.69) is 0 Å². The molecule has 0 heterocycles. The van der Waals surface area contributed by atoms with Crippen molar-refractivity contribution in [1.82, 2.24) is 0 Å². The van der Waals surface area contributed by atoms with Crippen LogP contribution in [-0.4, -0.2) is 28.0 Å². The molecule has 8 heteroatoms. The van der Waals surface area contributed by atoms with Crippen molar-refractivity contribution in [3.8, 4) is 5.75 Å². The Labute approximate surface area is 139 Å². The van der Waals surface area contributed by atoms with E-state index in [1.807, 2.05) is 0 Å². The van der Waals surface area contributed by atoms with Crippen molar-refractivity contribution >= 4 is 33.2 Å². The summed E-state index contributed by atoms with van der Waals surface area (Å²) in [4.78, 5) is 11.3. The number of nitrogens with zero attached hydrogens (tertiary/aromatic N) is 1. The summed E-state index contributed by atoms with van der Waals surface area (Å²) in [6.45, 7) is -0.475. The van der Waals surface area contributed by atoms with Crippen LogP contribution < -0.4 is 14.8 Å². The average molecular weight is 355 g/mol. The van der Waals surface area contributed by atoms with Crippen molar-refractivity contribution in [3.63, 3.8) is 0 Å². The molecule has 0 aliphatic carbocycles. The molecule has 122 valence electrons. The summed E-state index contributed by atoms with van der Waals surface area (Å²) in [5, 5.41) is 0.412. The van der Waals surface area contributed by atoms with E-state index in [0.29, 0.717) is 16.5 Å². The SMILES string of the molecule is COc1ccc(N(CC(N)=O)S(=O)(=O)c2ccc(Cl)cc2)cc1. The molecule has 0 bridgehead atoms. The second kappa shape index (κ2) is 6.89. The van der Waals surface area contributed by atoms with E-state index in [0.717, 1.165) is 4.31 Å². The molecule has 1 amide bonds. The lowest BCUT2D eigenvalue weighted by molar-refractivity contribution is -0.116. The molecular weight excluding hydrogens is 340 g/mol. The molecule has 2 aromatic carbocycles. The standard InChI is InChI=1S/C15H15ClN2O4S/c1-22-13-6-4-12(5-7-13)18(10-15(17)19)23(20,21)14-8-2-11(16)3-9-14/h2-9H,10H2,1H3,(H2,17,19). The van der Waals surface area contributed by atoms with E-state index in [-0.39, 0.29) is 4.90 Å². The zero-order valence-electron chi connectivity index (χ0n) is 12.3. The van der Waals surface area contributed by atoms with Gasteiger partial charge in [-0.1, -0.05) is 11.6 Å². The Balaban J connectivity index is 2.48. The summed E-state index contributed by atoms with van der Waals surface area (Å²) in [5.41, 5.74) is 5.50. The highest BCUT2D eigenvalue weighted by atomic mass is 35.5. The summed E-state index contributed by atoms with van der Waals surface area (Å²) < 4.78 is 31.5. The number of ether oxygens (including phenoxy) is 1. The van der Waals surface area contributed by atoms with Gasteiger partial charge in [0.1, 0.15) is 12.3 Å². The summed E-state index contributed by atoms with van der Waals surface area (Å²) in [6, 6.07) is 11.9. The van der Waals surface area contributed by atoms with Crippen LogP contribution in [0.25, 0.3) is 0 Å². The van der Waals surface area contributed by atoms with Crippen molar-refractivity contribution in [2.24, 2.45) is 5.73 Å². The summed E-state index contributed by atoms with van der Waals surface area (Å²) >= 11 is 5.78. The largest absolute Gasteiger partial charge is 0.497 e. The van der Waals surface area contributed by atoms with Gasteiger partial charge in [0.15, 0.2) is 0 Å². The number of anilines is 1. The number of benzene rings is 2. The number of hydrogen-bond acceptors (Lipinski definition) is 4. The van der Waals surface area contributed by atoms with Crippen LogP contribution in [0.1, 0.15) is 0 Å². The Kier molecular flexibility index (Phi) is 5.12. The number of primary amides is 1. The number of halogens is 1. The van der Waals surface area contributed by atoms with E-state index in [1.165, 1.54) is 43.5 Å². The Hall–Kier alpha value is -2.25. The molecule has 0 atom stereocenters. The molecule has 0 unspecified atom stereocenters. The Morgan fingerprint density at radius 3 is 2.17 bits per heavy atom. The predicted molar refractivity (Wildman–Crippen MR) is 88.2 cm³/mol. The van der Waals surface area contributed by atoms with Crippen LogP contribution in [-0.2, 0) is 14.8 Å². The van der Waals surface area contributed by atoms with Crippen LogP contribution in [0.15, 0.2) is 53.4 Å². The summed E-state index contributed by atoms with van der Waals surface area (Å²) in [6.07, 6.45) is 0. The number of hydrogen-bond donors (Lipinski definition) is 1. The second-order valence-corrected chi connectivity index (χ2v) is 6.93. The monoisotopic (exact) mass is 354 g/mol. The van der Waals surface area contributed by atoms with Gasteiger partial charge >= 0.3 is 0 Å². The first-order valence-corrected chi connectivity index (χ1v) is 8.37. The van der Waals surface area contributed by atoms with Gasteiger partial charge in [0, 0.05) is 5.02 Å². The van der Waals surface area contributed by atoms with Crippen LogP contribution in [0, 0.1) is 0 Å². The fraction of sp³-hybridized carbons (Fsp3) is 0.133. The van der Waals surface area contributed by atoms with Crippen molar-refractivity contribution < 1.29 is 17.9 Å². The number of amides is 1. The van der Waals surface area contributed by atoms with E-state index in [1.54, 1.807) is 12.1 Å². The van der Waals surface area contributed by atoms with E-state index in [4.69, 9.17) is 22.1 Å². The highest BCUT2D eigenvalue weighted by molar-refractivity contribution is 7.92. The molecule has 0 saturated heterocycles. The topological polar surface area (TPSA) is 89.7 Å². The van der Waals surface area contributed by atoms with Gasteiger partial charge in [0.05, 0.1) is 17.7 Å². The quantitative estimate of drug-likeness (QED) is 0.859. The number of sulfonamides is 1.